The molecule has 1 heterocycles. The summed E-state index contributed by atoms with van der Waals surface area (Å²) in [7, 11) is 0. The van der Waals surface area contributed by atoms with E-state index in [-0.39, 0.29) is 24.2 Å². The van der Waals surface area contributed by atoms with Crippen molar-refractivity contribution in [2.75, 3.05) is 18.8 Å². The number of aryl methyl sites for hydroxylation is 1. The Labute approximate surface area is 125 Å². The first-order valence-corrected chi connectivity index (χ1v) is 7.44. The number of benzene rings is 1. The molecule has 2 rings (SSSR count). The molecular formula is C14H21ClN2OS. The predicted octanol–water partition coefficient (Wildman–Crippen LogP) is 2.15. The number of carbonyl (C=O) groups is 1. The molecule has 0 saturated carbocycles. The average molecular weight is 301 g/mol. The van der Waals surface area contributed by atoms with E-state index in [9.17, 15) is 4.79 Å². The Bertz CT molecular complexity index is 428. The lowest BCUT2D eigenvalue weighted by Crippen LogP contribution is -2.35. The van der Waals surface area contributed by atoms with Gasteiger partial charge in [0.2, 0.25) is 5.91 Å². The highest BCUT2D eigenvalue weighted by Crippen LogP contribution is 2.35. The van der Waals surface area contributed by atoms with E-state index in [1.165, 1.54) is 11.1 Å². The largest absolute Gasteiger partial charge is 0.354 e. The molecule has 19 heavy (non-hydrogen) atoms. The van der Waals surface area contributed by atoms with Gasteiger partial charge in [-0.25, -0.2) is 0 Å². The van der Waals surface area contributed by atoms with Crippen molar-refractivity contribution in [1.82, 2.24) is 5.32 Å². The van der Waals surface area contributed by atoms with Crippen LogP contribution in [0.3, 0.4) is 0 Å². The molecule has 1 aliphatic heterocycles. The average Bonchev–Trinajstić information content (AvgIpc) is 2.43. The molecule has 0 radical (unpaired) electrons. The molecule has 1 aromatic carbocycles. The molecule has 106 valence electrons. The van der Waals surface area contributed by atoms with E-state index in [2.05, 4.69) is 29.6 Å². The van der Waals surface area contributed by atoms with Crippen LogP contribution in [0, 0.1) is 5.92 Å². The third-order valence-electron chi connectivity index (χ3n) is 3.36. The Balaban J connectivity index is 0.00000180. The predicted molar refractivity (Wildman–Crippen MR) is 83.8 cm³/mol. The maximum Gasteiger partial charge on any atom is 0.224 e. The lowest BCUT2D eigenvalue weighted by molar-refractivity contribution is -0.124. The molecule has 1 amide bonds. The van der Waals surface area contributed by atoms with Gasteiger partial charge < -0.3 is 11.1 Å². The number of nitrogens with one attached hydrogen (secondary N) is 1. The second-order valence-corrected chi connectivity index (χ2v) is 6.00. The van der Waals surface area contributed by atoms with Crippen LogP contribution in [0.15, 0.2) is 24.3 Å². The number of hydrogen-bond acceptors (Lipinski definition) is 3. The Morgan fingerprint density at radius 3 is 3.00 bits per heavy atom. The lowest BCUT2D eigenvalue weighted by Gasteiger charge is -2.25. The minimum absolute atomic E-state index is 0. The second kappa shape index (κ2) is 7.78. The van der Waals surface area contributed by atoms with Crippen LogP contribution in [-0.4, -0.2) is 24.7 Å². The fraction of sp³-hybridized carbons (Fsp3) is 0.500. The minimum Gasteiger partial charge on any atom is -0.354 e. The van der Waals surface area contributed by atoms with Gasteiger partial charge in [-0.3, -0.25) is 4.79 Å². The van der Waals surface area contributed by atoms with Crippen molar-refractivity contribution in [1.29, 1.82) is 0 Å². The Kier molecular flexibility index (Phi) is 6.69. The summed E-state index contributed by atoms with van der Waals surface area (Å²) in [5.74, 6) is 1.08. The van der Waals surface area contributed by atoms with Gasteiger partial charge in [0.1, 0.15) is 0 Å². The van der Waals surface area contributed by atoms with E-state index < -0.39 is 0 Å². The van der Waals surface area contributed by atoms with E-state index in [0.717, 1.165) is 12.2 Å². The Morgan fingerprint density at radius 2 is 2.26 bits per heavy atom. The van der Waals surface area contributed by atoms with Gasteiger partial charge in [-0.05, 0) is 23.3 Å². The number of rotatable bonds is 4. The van der Waals surface area contributed by atoms with E-state index >= 15 is 0 Å². The van der Waals surface area contributed by atoms with Gasteiger partial charge >= 0.3 is 0 Å². The van der Waals surface area contributed by atoms with Crippen LogP contribution in [0.4, 0.5) is 0 Å². The maximum atomic E-state index is 11.7. The highest BCUT2D eigenvalue weighted by molar-refractivity contribution is 7.99. The summed E-state index contributed by atoms with van der Waals surface area (Å²) in [6, 6.07) is 8.51. The van der Waals surface area contributed by atoms with Crippen LogP contribution in [0.5, 0.6) is 0 Å². The molecule has 5 heteroatoms. The van der Waals surface area contributed by atoms with Crippen molar-refractivity contribution >= 4 is 30.1 Å². The summed E-state index contributed by atoms with van der Waals surface area (Å²) in [5.41, 5.74) is 8.28. The van der Waals surface area contributed by atoms with E-state index in [0.29, 0.717) is 18.3 Å². The smallest absolute Gasteiger partial charge is 0.224 e. The summed E-state index contributed by atoms with van der Waals surface area (Å²) in [5, 5.41) is 3.38. The van der Waals surface area contributed by atoms with Gasteiger partial charge in [0.05, 0.1) is 0 Å². The summed E-state index contributed by atoms with van der Waals surface area (Å²) in [4.78, 5) is 11.7. The van der Waals surface area contributed by atoms with Crippen LogP contribution < -0.4 is 11.1 Å². The summed E-state index contributed by atoms with van der Waals surface area (Å²) < 4.78 is 0. The third kappa shape index (κ3) is 4.13. The molecule has 0 aliphatic carbocycles. The summed E-state index contributed by atoms with van der Waals surface area (Å²) >= 11 is 1.92. The van der Waals surface area contributed by atoms with Crippen LogP contribution >= 0.6 is 24.2 Å². The number of carbonyl (C=O) groups excluding carboxylic acids is 1. The molecule has 2 atom stereocenters. The number of fused-ring (bicyclic) bond motifs is 1. The molecule has 1 aliphatic rings. The standard InChI is InChI=1S/C14H20N2OS.ClH/c1-10(8-15)14(17)16-9-13-12-5-3-2-4-11(12)6-7-18-13;/h2-5,10,13H,6-9,15H2,1H3,(H,16,17);1H. The SMILES string of the molecule is CC(CN)C(=O)NCC1SCCc2ccccc21.Cl. The zero-order chi connectivity index (χ0) is 13.0. The summed E-state index contributed by atoms with van der Waals surface area (Å²) in [6.45, 7) is 2.96. The molecule has 3 N–H and O–H groups in total. The monoisotopic (exact) mass is 300 g/mol. The fourth-order valence-electron chi connectivity index (χ4n) is 2.12. The van der Waals surface area contributed by atoms with Crippen molar-refractivity contribution in [3.63, 3.8) is 0 Å². The zero-order valence-corrected chi connectivity index (χ0v) is 12.7. The Hall–Kier alpha value is -0.710. The number of thioether (sulfide) groups is 1. The van der Waals surface area contributed by atoms with Crippen molar-refractivity contribution < 1.29 is 4.79 Å². The number of halogens is 1. The lowest BCUT2D eigenvalue weighted by atomic mass is 10.0. The Morgan fingerprint density at radius 1 is 1.53 bits per heavy atom. The van der Waals surface area contributed by atoms with E-state index in [1.807, 2.05) is 18.7 Å². The fourth-order valence-corrected chi connectivity index (χ4v) is 3.35. The van der Waals surface area contributed by atoms with Crippen LogP contribution in [0.2, 0.25) is 0 Å². The van der Waals surface area contributed by atoms with Gasteiger partial charge in [0.15, 0.2) is 0 Å². The van der Waals surface area contributed by atoms with Gasteiger partial charge in [-0.15, -0.1) is 12.4 Å². The number of nitrogens with two attached hydrogens (primary N) is 1. The first-order chi connectivity index (χ1) is 8.72. The van der Waals surface area contributed by atoms with Crippen molar-refractivity contribution in [3.05, 3.63) is 35.4 Å². The summed E-state index contributed by atoms with van der Waals surface area (Å²) in [6.07, 6.45) is 1.13. The van der Waals surface area contributed by atoms with Crippen molar-refractivity contribution in [3.8, 4) is 0 Å². The zero-order valence-electron chi connectivity index (χ0n) is 11.1. The molecular weight excluding hydrogens is 280 g/mol. The molecule has 0 fully saturated rings. The normalized spacial score (nSPS) is 18.9. The van der Waals surface area contributed by atoms with Crippen LogP contribution in [-0.2, 0) is 11.2 Å². The highest BCUT2D eigenvalue weighted by atomic mass is 35.5. The topological polar surface area (TPSA) is 55.1 Å². The van der Waals surface area contributed by atoms with Crippen LogP contribution in [0.25, 0.3) is 0 Å². The van der Waals surface area contributed by atoms with Crippen molar-refractivity contribution in [2.45, 2.75) is 18.6 Å². The first-order valence-electron chi connectivity index (χ1n) is 6.39. The quantitative estimate of drug-likeness (QED) is 0.896. The minimum atomic E-state index is -0.103. The highest BCUT2D eigenvalue weighted by Gasteiger charge is 2.21. The van der Waals surface area contributed by atoms with E-state index in [1.54, 1.807) is 0 Å². The molecule has 0 bridgehead atoms. The van der Waals surface area contributed by atoms with Gasteiger partial charge in [0, 0.05) is 24.3 Å². The van der Waals surface area contributed by atoms with E-state index in [4.69, 9.17) is 5.73 Å². The maximum absolute atomic E-state index is 11.7. The first kappa shape index (κ1) is 16.3. The van der Waals surface area contributed by atoms with Crippen LogP contribution in [0.1, 0.15) is 23.3 Å². The number of hydrogen-bond donors (Lipinski definition) is 2. The second-order valence-electron chi connectivity index (χ2n) is 4.69. The van der Waals surface area contributed by atoms with Gasteiger partial charge in [0.25, 0.3) is 0 Å². The van der Waals surface area contributed by atoms with Crippen molar-refractivity contribution in [2.24, 2.45) is 11.7 Å². The van der Waals surface area contributed by atoms with Gasteiger partial charge in [-0.2, -0.15) is 11.8 Å². The molecule has 0 aromatic heterocycles. The number of amides is 1. The van der Waals surface area contributed by atoms with Gasteiger partial charge in [-0.1, -0.05) is 31.2 Å². The molecule has 0 saturated heterocycles. The molecule has 1 aromatic rings. The molecule has 3 nitrogen and oxygen atoms in total. The third-order valence-corrected chi connectivity index (χ3v) is 4.62. The molecule has 2 unspecified atom stereocenters. The molecule has 0 spiro atoms.